The molecular formula is C30H31ClN6S. The van der Waals surface area contributed by atoms with E-state index in [1.165, 1.54) is 6.42 Å². The number of halogens is 1. The monoisotopic (exact) mass is 542 g/mol. The van der Waals surface area contributed by atoms with E-state index in [9.17, 15) is 0 Å². The Morgan fingerprint density at radius 3 is 2.37 bits per heavy atom. The van der Waals surface area contributed by atoms with Crippen molar-refractivity contribution in [1.82, 2.24) is 19.9 Å². The predicted octanol–water partition coefficient (Wildman–Crippen LogP) is 6.58. The minimum atomic E-state index is -0.161. The summed E-state index contributed by atoms with van der Waals surface area (Å²) < 4.78 is 2.12. The summed E-state index contributed by atoms with van der Waals surface area (Å²) in [5, 5.41) is 4.94. The molecule has 5 heterocycles. The molecule has 6 rings (SSSR count). The van der Waals surface area contributed by atoms with Gasteiger partial charge in [-0.15, -0.1) is 0 Å². The lowest BCUT2D eigenvalue weighted by molar-refractivity contribution is 0.357. The van der Waals surface area contributed by atoms with Crippen molar-refractivity contribution < 1.29 is 0 Å². The number of aromatic nitrogens is 3. The van der Waals surface area contributed by atoms with Gasteiger partial charge in [0, 0.05) is 43.1 Å². The summed E-state index contributed by atoms with van der Waals surface area (Å²) in [6, 6.07) is 22.1. The molecule has 194 valence electrons. The molecular weight excluding hydrogens is 512 g/mol. The minimum Gasteiger partial charge on any atom is -0.370 e. The molecule has 2 fully saturated rings. The van der Waals surface area contributed by atoms with Crippen molar-refractivity contribution in [3.8, 4) is 5.82 Å². The van der Waals surface area contributed by atoms with Crippen LogP contribution < -0.4 is 15.1 Å². The van der Waals surface area contributed by atoms with Crippen LogP contribution in [-0.2, 0) is 0 Å². The maximum atomic E-state index is 6.98. The fourth-order valence-electron chi connectivity index (χ4n) is 6.04. The van der Waals surface area contributed by atoms with E-state index >= 15 is 0 Å². The van der Waals surface area contributed by atoms with E-state index in [1.807, 2.05) is 61.1 Å². The Bertz CT molecular complexity index is 1420. The van der Waals surface area contributed by atoms with Crippen molar-refractivity contribution in [1.29, 1.82) is 0 Å². The minimum absolute atomic E-state index is 0.150. The molecule has 2 aliphatic heterocycles. The van der Waals surface area contributed by atoms with E-state index in [-0.39, 0.29) is 12.1 Å². The highest BCUT2D eigenvalue weighted by atomic mass is 35.5. The molecule has 0 bridgehead atoms. The van der Waals surface area contributed by atoms with Crippen LogP contribution in [0.4, 0.5) is 11.4 Å². The molecule has 0 radical (unpaired) electrons. The molecule has 0 aliphatic carbocycles. The highest BCUT2D eigenvalue weighted by Crippen LogP contribution is 2.44. The van der Waals surface area contributed by atoms with Gasteiger partial charge >= 0.3 is 0 Å². The molecule has 4 unspecified atom stereocenters. The summed E-state index contributed by atoms with van der Waals surface area (Å²) in [5.74, 6) is 2.15. The fraction of sp³-hybridized carbons (Fsp3) is 0.300. The zero-order valence-electron chi connectivity index (χ0n) is 21.5. The second-order valence-electron chi connectivity index (χ2n) is 10.5. The van der Waals surface area contributed by atoms with Gasteiger partial charge in [-0.2, -0.15) is 0 Å². The molecule has 4 atom stereocenters. The molecule has 1 N–H and O–H groups in total. The quantitative estimate of drug-likeness (QED) is 0.287. The molecule has 6 nitrogen and oxygen atoms in total. The Morgan fingerprint density at radius 1 is 0.921 bits per heavy atom. The Hall–Kier alpha value is -3.42. The van der Waals surface area contributed by atoms with Gasteiger partial charge in [0.2, 0.25) is 0 Å². The molecule has 2 saturated heterocycles. The largest absolute Gasteiger partial charge is 0.370 e. The number of hydrogen-bond donors (Lipinski definition) is 1. The Balaban J connectivity index is 1.42. The number of anilines is 2. The molecule has 0 saturated carbocycles. The van der Waals surface area contributed by atoms with Gasteiger partial charge in [0.25, 0.3) is 0 Å². The van der Waals surface area contributed by atoms with Gasteiger partial charge < -0.3 is 19.7 Å². The third-order valence-electron chi connectivity index (χ3n) is 7.50. The van der Waals surface area contributed by atoms with Gasteiger partial charge in [-0.05, 0) is 85.1 Å². The summed E-state index contributed by atoms with van der Waals surface area (Å²) in [5.41, 5.74) is 4.02. The topological polar surface area (TPSA) is 49.2 Å². The van der Waals surface area contributed by atoms with E-state index in [2.05, 4.69) is 67.8 Å². The van der Waals surface area contributed by atoms with Crippen molar-refractivity contribution in [3.05, 3.63) is 102 Å². The molecule has 38 heavy (non-hydrogen) atoms. The number of nitrogens with zero attached hydrogens (tertiary/aromatic N) is 5. The van der Waals surface area contributed by atoms with E-state index in [4.69, 9.17) is 23.8 Å². The van der Waals surface area contributed by atoms with E-state index in [1.54, 1.807) is 0 Å². The molecule has 0 spiro atoms. The standard InChI is InChI=1S/C30H31ClN6S/c1-20-16-21(2)19-35(18-20)25-12-11-22(17-23(25)31)37-29(28(34-30(37)38)24-8-3-5-13-32-24)26-9-7-15-36(26)27-10-4-6-14-33-27/h3-15,17,20-21,28-29H,16,18-19H2,1-2H3,(H,34,38). The second kappa shape index (κ2) is 10.4. The van der Waals surface area contributed by atoms with Crippen LogP contribution in [0.3, 0.4) is 0 Å². The smallest absolute Gasteiger partial charge is 0.174 e. The number of rotatable bonds is 5. The van der Waals surface area contributed by atoms with Crippen LogP contribution in [0, 0.1) is 11.8 Å². The summed E-state index contributed by atoms with van der Waals surface area (Å²) in [6.45, 7) is 6.68. The zero-order chi connectivity index (χ0) is 26.2. The van der Waals surface area contributed by atoms with Gasteiger partial charge in [-0.1, -0.05) is 37.6 Å². The summed E-state index contributed by atoms with van der Waals surface area (Å²) in [6.07, 6.45) is 6.93. The molecule has 3 aromatic heterocycles. The van der Waals surface area contributed by atoms with Crippen LogP contribution >= 0.6 is 23.8 Å². The van der Waals surface area contributed by atoms with E-state index in [0.717, 1.165) is 46.7 Å². The number of pyridine rings is 2. The van der Waals surface area contributed by atoms with Crippen LogP contribution in [0.2, 0.25) is 5.02 Å². The first-order valence-corrected chi connectivity index (χ1v) is 13.9. The highest BCUT2D eigenvalue weighted by molar-refractivity contribution is 7.80. The first-order valence-electron chi connectivity index (χ1n) is 13.1. The lowest BCUT2D eigenvalue weighted by atomic mass is 9.91. The number of thiocarbonyl (C=S) groups is 1. The Kier molecular flexibility index (Phi) is 6.80. The molecule has 4 aromatic rings. The average Bonchev–Trinajstić information content (AvgIpc) is 3.53. The van der Waals surface area contributed by atoms with Crippen LogP contribution in [-0.4, -0.2) is 32.7 Å². The van der Waals surface area contributed by atoms with Crippen LogP contribution in [0.1, 0.15) is 43.7 Å². The van der Waals surface area contributed by atoms with Crippen LogP contribution in [0.25, 0.3) is 5.82 Å². The molecule has 2 aliphatic rings. The van der Waals surface area contributed by atoms with Crippen LogP contribution in [0.5, 0.6) is 0 Å². The van der Waals surface area contributed by atoms with Gasteiger partial charge in [-0.3, -0.25) is 4.98 Å². The predicted molar refractivity (Wildman–Crippen MR) is 158 cm³/mol. The maximum absolute atomic E-state index is 6.98. The highest BCUT2D eigenvalue weighted by Gasteiger charge is 2.42. The number of benzene rings is 1. The second-order valence-corrected chi connectivity index (χ2v) is 11.3. The average molecular weight is 543 g/mol. The molecule has 8 heteroatoms. The third kappa shape index (κ3) is 4.65. The number of nitrogens with one attached hydrogen (secondary N) is 1. The maximum Gasteiger partial charge on any atom is 0.174 e. The van der Waals surface area contributed by atoms with Crippen molar-refractivity contribution in [2.45, 2.75) is 32.4 Å². The van der Waals surface area contributed by atoms with Crippen molar-refractivity contribution in [3.63, 3.8) is 0 Å². The summed E-state index contributed by atoms with van der Waals surface area (Å²) >= 11 is 12.9. The van der Waals surface area contributed by atoms with E-state index < -0.39 is 0 Å². The SMILES string of the molecule is CC1CC(C)CN(c2ccc(N3C(=S)NC(c4ccccn4)C3c3cccn3-c3ccccn3)cc2Cl)C1. The Morgan fingerprint density at radius 2 is 1.68 bits per heavy atom. The molecule has 1 aromatic carbocycles. The zero-order valence-corrected chi connectivity index (χ0v) is 23.1. The summed E-state index contributed by atoms with van der Waals surface area (Å²) in [7, 11) is 0. The number of piperidine rings is 1. The fourth-order valence-corrected chi connectivity index (χ4v) is 6.68. The van der Waals surface area contributed by atoms with E-state index in [0.29, 0.717) is 16.9 Å². The normalized spacial score (nSPS) is 23.5. The van der Waals surface area contributed by atoms with Gasteiger partial charge in [0.05, 0.1) is 22.4 Å². The van der Waals surface area contributed by atoms with Gasteiger partial charge in [0.15, 0.2) is 5.11 Å². The molecule has 0 amide bonds. The van der Waals surface area contributed by atoms with Gasteiger partial charge in [0.1, 0.15) is 11.9 Å². The Labute approximate surface area is 234 Å². The van der Waals surface area contributed by atoms with Crippen molar-refractivity contribution in [2.24, 2.45) is 11.8 Å². The first-order chi connectivity index (χ1) is 18.5. The van der Waals surface area contributed by atoms with Crippen molar-refractivity contribution in [2.75, 3.05) is 22.9 Å². The van der Waals surface area contributed by atoms with Crippen molar-refractivity contribution >= 4 is 40.3 Å². The first kappa shape index (κ1) is 24.9. The lowest BCUT2D eigenvalue weighted by Crippen LogP contribution is -2.38. The van der Waals surface area contributed by atoms with Gasteiger partial charge in [-0.25, -0.2) is 4.98 Å². The lowest BCUT2D eigenvalue weighted by Gasteiger charge is -2.37. The van der Waals surface area contributed by atoms with Crippen LogP contribution in [0.15, 0.2) is 85.3 Å². The summed E-state index contributed by atoms with van der Waals surface area (Å²) in [4.78, 5) is 13.9. The number of hydrogen-bond acceptors (Lipinski definition) is 4. The third-order valence-corrected chi connectivity index (χ3v) is 8.11.